The number of aromatic nitrogens is 4. The molecule has 2 N–H and O–H groups in total. The van der Waals surface area contributed by atoms with Gasteiger partial charge in [0.1, 0.15) is 23.0 Å². The number of rotatable bonds is 14. The van der Waals surface area contributed by atoms with Crippen molar-refractivity contribution in [1.82, 2.24) is 19.1 Å². The molecule has 0 saturated carbocycles. The van der Waals surface area contributed by atoms with Crippen molar-refractivity contribution in [1.29, 1.82) is 0 Å². The molecule has 2 heterocycles. The van der Waals surface area contributed by atoms with E-state index in [0.29, 0.717) is 49.8 Å². The van der Waals surface area contributed by atoms with Crippen LogP contribution in [-0.4, -0.2) is 89.5 Å². The second kappa shape index (κ2) is 24.7. The Balaban J connectivity index is 0.000000205. The Morgan fingerprint density at radius 2 is 0.974 bits per heavy atom. The van der Waals surface area contributed by atoms with Crippen molar-refractivity contribution in [2.24, 2.45) is 0 Å². The zero-order valence-electron chi connectivity index (χ0n) is 39.8. The topological polar surface area (TPSA) is 179 Å². The van der Waals surface area contributed by atoms with E-state index in [-0.39, 0.29) is 26.6 Å². The molecule has 0 aliphatic heterocycles. The summed E-state index contributed by atoms with van der Waals surface area (Å²) in [4.78, 5) is 33.6. The summed E-state index contributed by atoms with van der Waals surface area (Å²) in [5.41, 5.74) is 3.88. The van der Waals surface area contributed by atoms with Crippen LogP contribution in [0.5, 0.6) is 0 Å². The van der Waals surface area contributed by atoms with E-state index in [0.717, 1.165) is 22.5 Å². The van der Waals surface area contributed by atoms with Crippen LogP contribution in [0.4, 0.5) is 26.3 Å². The molecule has 8 aromatic rings. The normalized spacial score (nSPS) is 11.8. The maximum atomic E-state index is 12.6. The Morgan fingerprint density at radius 1 is 0.566 bits per heavy atom. The summed E-state index contributed by atoms with van der Waals surface area (Å²) in [5, 5.41) is 18.3. The SMILES string of the molecule is CS(=O)(=O)c1cccc(-c2ccc(-n3cc(C(=O)CCC(F)(F)F)nc3-c3ccccc3Cl)cc2)c1.CS(=O)(=O)c1cccc(B(O)O)c1.O=C(CCC(F)(F)F)c1cn(-c2ccc(Br)cc2)c(-c2ccccc2Cl)n1. The van der Waals surface area contributed by atoms with Crippen molar-refractivity contribution < 1.29 is 62.8 Å². The molecule has 24 heteroatoms. The Labute approximate surface area is 451 Å². The molecule has 0 atom stereocenters. The van der Waals surface area contributed by atoms with E-state index in [1.54, 1.807) is 112 Å². The van der Waals surface area contributed by atoms with Crippen LogP contribution >= 0.6 is 39.1 Å². The molecule has 8 rings (SSSR count). The molecular weight excluding hydrogens is 1150 g/mol. The number of ketones is 2. The lowest BCUT2D eigenvalue weighted by Gasteiger charge is -2.10. The first kappa shape index (κ1) is 58.9. The summed E-state index contributed by atoms with van der Waals surface area (Å²) < 4.78 is 125. The Bertz CT molecular complexity index is 3600. The molecule has 0 aliphatic rings. The van der Waals surface area contributed by atoms with Crippen LogP contribution in [0.1, 0.15) is 46.7 Å². The number of halogens is 9. The van der Waals surface area contributed by atoms with Crippen molar-refractivity contribution in [3.05, 3.63) is 184 Å². The number of carbonyl (C=O) groups is 2. The van der Waals surface area contributed by atoms with Crippen LogP contribution in [0.25, 0.3) is 45.3 Å². The zero-order valence-corrected chi connectivity index (χ0v) is 44.5. The van der Waals surface area contributed by atoms with Crippen LogP contribution < -0.4 is 5.46 Å². The number of benzene rings is 6. The molecule has 0 unspecified atom stereocenters. The largest absolute Gasteiger partial charge is 0.488 e. The minimum absolute atomic E-state index is 0.0305. The monoisotopic (exact) mass is 1190 g/mol. The fraction of sp³-hybridized carbons (Fsp3) is 0.154. The molecule has 2 aromatic heterocycles. The fourth-order valence-electron chi connectivity index (χ4n) is 7.08. The predicted octanol–water partition coefficient (Wildman–Crippen LogP) is 12.0. The van der Waals surface area contributed by atoms with Gasteiger partial charge < -0.3 is 10.0 Å². The number of alkyl halides is 6. The van der Waals surface area contributed by atoms with Crippen LogP contribution in [0.15, 0.2) is 172 Å². The van der Waals surface area contributed by atoms with Gasteiger partial charge in [-0.3, -0.25) is 18.7 Å². The lowest BCUT2D eigenvalue weighted by atomic mass is 9.80. The summed E-state index contributed by atoms with van der Waals surface area (Å²) in [6.07, 6.45) is -7.57. The maximum absolute atomic E-state index is 12.6. The standard InChI is InChI=1S/C26H20ClF3N2O3S.C19H13BrClF3N2O.C7H9BO4S/c1-36(34,35)20-6-4-5-18(15-20)17-9-11-19(12-10-17)32-16-23(24(33)13-14-26(28,29)30)31-25(32)21-7-2-3-8-22(21)27;20-12-5-7-13(8-6-12)26-11-16(17(27)9-10-19(22,23)24)25-18(26)14-3-1-2-4-15(14)21;1-13(11,12)7-4-2-3-6(5-7)8(9)10/h2-12,15-16H,13-14H2,1H3;1-8,11H,9-10H2;2-5,9-10H,1H3. The average molecular weight is 1190 g/mol. The van der Waals surface area contributed by atoms with E-state index >= 15 is 0 Å². The first-order valence-electron chi connectivity index (χ1n) is 22.3. The second-order valence-electron chi connectivity index (χ2n) is 16.7. The molecule has 12 nitrogen and oxygen atoms in total. The lowest BCUT2D eigenvalue weighted by Crippen LogP contribution is -2.30. The number of imidazole rings is 2. The van der Waals surface area contributed by atoms with Gasteiger partial charge in [-0.25, -0.2) is 26.8 Å². The van der Waals surface area contributed by atoms with Crippen molar-refractivity contribution in [3.63, 3.8) is 0 Å². The van der Waals surface area contributed by atoms with Gasteiger partial charge in [-0.2, -0.15) is 26.3 Å². The van der Waals surface area contributed by atoms with Gasteiger partial charge in [-0.15, -0.1) is 0 Å². The molecule has 0 aliphatic carbocycles. The Hall–Kier alpha value is -6.40. The van der Waals surface area contributed by atoms with Crippen LogP contribution in [0.3, 0.4) is 0 Å². The smallest absolute Gasteiger partial charge is 0.423 e. The number of nitrogens with zero attached hydrogens (tertiary/aromatic N) is 4. The summed E-state index contributed by atoms with van der Waals surface area (Å²) in [6.45, 7) is 0. The van der Waals surface area contributed by atoms with E-state index in [2.05, 4.69) is 25.9 Å². The number of hydrogen-bond donors (Lipinski definition) is 2. The van der Waals surface area contributed by atoms with Crippen molar-refractivity contribution in [3.8, 4) is 45.3 Å². The Morgan fingerprint density at radius 3 is 1.38 bits per heavy atom. The number of Topliss-reactive ketones (excluding diaryl/α,β-unsaturated/α-hetero) is 2. The van der Waals surface area contributed by atoms with Crippen LogP contribution in [0, 0.1) is 0 Å². The van der Waals surface area contributed by atoms with E-state index in [9.17, 15) is 52.8 Å². The quantitative estimate of drug-likeness (QED) is 0.0605. The van der Waals surface area contributed by atoms with Crippen LogP contribution in [0.2, 0.25) is 10.0 Å². The highest BCUT2D eigenvalue weighted by Gasteiger charge is 2.31. The predicted molar refractivity (Wildman–Crippen MR) is 283 cm³/mol. The molecule has 0 amide bonds. The summed E-state index contributed by atoms with van der Waals surface area (Å²) >= 11 is 16.0. The third kappa shape index (κ3) is 16.3. The third-order valence-electron chi connectivity index (χ3n) is 10.9. The summed E-state index contributed by atoms with van der Waals surface area (Å²) in [6, 6.07) is 40.1. The molecule has 0 fully saturated rings. The third-order valence-corrected chi connectivity index (χ3v) is 14.3. The molecule has 0 spiro atoms. The first-order valence-corrected chi connectivity index (χ1v) is 27.6. The molecule has 76 heavy (non-hydrogen) atoms. The minimum Gasteiger partial charge on any atom is -0.423 e. The van der Waals surface area contributed by atoms with Gasteiger partial charge in [0.15, 0.2) is 31.2 Å². The fourth-order valence-corrected chi connectivity index (χ4v) is 9.13. The average Bonchev–Trinajstić information content (AvgIpc) is 4.02. The highest BCUT2D eigenvalue weighted by molar-refractivity contribution is 9.10. The number of sulfone groups is 2. The van der Waals surface area contributed by atoms with Gasteiger partial charge in [0.05, 0.1) is 32.7 Å². The van der Waals surface area contributed by atoms with Gasteiger partial charge in [-0.05, 0) is 102 Å². The molecule has 6 aromatic carbocycles. The summed E-state index contributed by atoms with van der Waals surface area (Å²) in [5.74, 6) is -0.703. The Kier molecular flexibility index (Phi) is 19.2. The van der Waals surface area contributed by atoms with Crippen molar-refractivity contribution in [2.45, 2.75) is 47.8 Å². The zero-order chi connectivity index (χ0) is 55.8. The van der Waals surface area contributed by atoms with Gasteiger partial charge in [0, 0.05) is 64.7 Å². The molecule has 396 valence electrons. The molecule has 0 radical (unpaired) electrons. The number of hydrogen-bond acceptors (Lipinski definition) is 10. The van der Waals surface area contributed by atoms with E-state index in [4.69, 9.17) is 33.2 Å². The van der Waals surface area contributed by atoms with Gasteiger partial charge in [-0.1, -0.05) is 99.8 Å². The highest BCUT2D eigenvalue weighted by atomic mass is 79.9. The van der Waals surface area contributed by atoms with Crippen molar-refractivity contribution in [2.75, 3.05) is 12.5 Å². The van der Waals surface area contributed by atoms with Gasteiger partial charge in [0.25, 0.3) is 0 Å². The second-order valence-corrected chi connectivity index (χ2v) is 22.5. The maximum Gasteiger partial charge on any atom is 0.488 e. The first-order chi connectivity index (χ1) is 35.6. The summed E-state index contributed by atoms with van der Waals surface area (Å²) in [7, 11) is -8.29. The molecule has 0 saturated heterocycles. The highest BCUT2D eigenvalue weighted by Crippen LogP contribution is 2.33. The van der Waals surface area contributed by atoms with Crippen LogP contribution in [-0.2, 0) is 19.7 Å². The lowest BCUT2D eigenvalue weighted by molar-refractivity contribution is -0.134. The van der Waals surface area contributed by atoms with E-state index < -0.39 is 76.4 Å². The van der Waals surface area contributed by atoms with Gasteiger partial charge >= 0.3 is 19.5 Å². The molecular formula is C52H42BBrCl2F6N4O8S2. The number of carbonyl (C=O) groups excluding carboxylic acids is 2. The van der Waals surface area contributed by atoms with E-state index in [1.807, 2.05) is 12.1 Å². The minimum atomic E-state index is -4.45. The van der Waals surface area contributed by atoms with Gasteiger partial charge in [0.2, 0.25) is 0 Å². The molecule has 0 bridgehead atoms. The van der Waals surface area contributed by atoms with Crippen molar-refractivity contribution >= 4 is 83.0 Å². The van der Waals surface area contributed by atoms with E-state index in [1.165, 1.54) is 42.7 Å².